The number of H-pyrrole nitrogens is 1. The third kappa shape index (κ3) is 1.81. The zero-order valence-corrected chi connectivity index (χ0v) is 9.45. The van der Waals surface area contributed by atoms with Gasteiger partial charge < -0.3 is 10.1 Å². The number of rotatable bonds is 3. The lowest BCUT2D eigenvalue weighted by molar-refractivity contribution is -0.136. The van der Waals surface area contributed by atoms with E-state index < -0.39 is 5.97 Å². The predicted molar refractivity (Wildman–Crippen MR) is 63.7 cm³/mol. The number of carboxylic acids is 1. The van der Waals surface area contributed by atoms with E-state index in [2.05, 4.69) is 24.9 Å². The third-order valence-corrected chi connectivity index (χ3v) is 2.80. The van der Waals surface area contributed by atoms with Crippen LogP contribution in [0, 0.1) is 0 Å². The van der Waals surface area contributed by atoms with Gasteiger partial charge in [-0.05, 0) is 17.0 Å². The summed E-state index contributed by atoms with van der Waals surface area (Å²) in [5.41, 5.74) is 3.15. The van der Waals surface area contributed by atoms with Gasteiger partial charge in [-0.1, -0.05) is 32.0 Å². The summed E-state index contributed by atoms with van der Waals surface area (Å²) in [6.07, 6.45) is 1.87. The molecule has 3 nitrogen and oxygen atoms in total. The first-order valence-corrected chi connectivity index (χ1v) is 5.40. The Bertz CT molecular complexity index is 526. The van der Waals surface area contributed by atoms with Crippen molar-refractivity contribution in [3.05, 3.63) is 35.5 Å². The number of fused-ring (bicyclic) bond motifs is 1. The highest BCUT2D eigenvalue weighted by Crippen LogP contribution is 2.26. The van der Waals surface area contributed by atoms with Crippen molar-refractivity contribution in [1.29, 1.82) is 0 Å². The lowest BCUT2D eigenvalue weighted by Gasteiger charge is -2.06. The second-order valence-electron chi connectivity index (χ2n) is 4.31. The number of aromatic amines is 1. The Morgan fingerprint density at radius 1 is 1.44 bits per heavy atom. The quantitative estimate of drug-likeness (QED) is 0.830. The number of para-hydroxylation sites is 1. The van der Waals surface area contributed by atoms with Crippen LogP contribution in [0.25, 0.3) is 10.9 Å². The molecule has 0 amide bonds. The van der Waals surface area contributed by atoms with E-state index in [9.17, 15) is 4.79 Å². The Kier molecular flexibility index (Phi) is 2.69. The normalized spacial score (nSPS) is 11.2. The summed E-state index contributed by atoms with van der Waals surface area (Å²) in [5.74, 6) is -0.365. The molecule has 0 bridgehead atoms. The van der Waals surface area contributed by atoms with E-state index in [-0.39, 0.29) is 6.42 Å². The van der Waals surface area contributed by atoms with Crippen molar-refractivity contribution in [1.82, 2.24) is 4.98 Å². The highest BCUT2D eigenvalue weighted by molar-refractivity contribution is 5.89. The van der Waals surface area contributed by atoms with Crippen LogP contribution in [-0.2, 0) is 11.2 Å². The van der Waals surface area contributed by atoms with E-state index in [0.29, 0.717) is 5.92 Å². The van der Waals surface area contributed by atoms with Crippen LogP contribution in [0.3, 0.4) is 0 Å². The molecule has 16 heavy (non-hydrogen) atoms. The van der Waals surface area contributed by atoms with Crippen LogP contribution >= 0.6 is 0 Å². The number of carboxylic acid groups (broad SMARTS) is 1. The topological polar surface area (TPSA) is 53.1 Å². The fourth-order valence-electron chi connectivity index (χ4n) is 2.03. The lowest BCUT2D eigenvalue weighted by Crippen LogP contribution is -1.98. The van der Waals surface area contributed by atoms with Gasteiger partial charge in [0.05, 0.1) is 6.42 Å². The number of aliphatic carboxylic acids is 1. The molecular formula is C13H15NO2. The summed E-state index contributed by atoms with van der Waals surface area (Å²) < 4.78 is 0. The Labute approximate surface area is 94.1 Å². The van der Waals surface area contributed by atoms with Gasteiger partial charge in [-0.25, -0.2) is 0 Å². The first-order valence-electron chi connectivity index (χ1n) is 5.40. The molecule has 0 unspecified atom stereocenters. The molecule has 0 spiro atoms. The van der Waals surface area contributed by atoms with Crippen molar-refractivity contribution in [2.24, 2.45) is 0 Å². The van der Waals surface area contributed by atoms with Crippen LogP contribution < -0.4 is 0 Å². The van der Waals surface area contributed by atoms with Gasteiger partial charge in [-0.15, -0.1) is 0 Å². The summed E-state index contributed by atoms with van der Waals surface area (Å²) >= 11 is 0. The van der Waals surface area contributed by atoms with E-state index >= 15 is 0 Å². The van der Waals surface area contributed by atoms with Gasteiger partial charge in [0.1, 0.15) is 0 Å². The summed E-state index contributed by atoms with van der Waals surface area (Å²) in [6.45, 7) is 4.26. The highest BCUT2D eigenvalue weighted by atomic mass is 16.4. The maximum absolute atomic E-state index is 10.7. The average Bonchev–Trinajstić information content (AvgIpc) is 2.60. The molecule has 1 heterocycles. The molecule has 2 N–H and O–H groups in total. The second kappa shape index (κ2) is 4.00. The minimum absolute atomic E-state index is 0.0710. The smallest absolute Gasteiger partial charge is 0.307 e. The van der Waals surface area contributed by atoms with Gasteiger partial charge in [0.25, 0.3) is 0 Å². The lowest BCUT2D eigenvalue weighted by atomic mass is 9.99. The Hall–Kier alpha value is -1.77. The van der Waals surface area contributed by atoms with Crippen LogP contribution in [0.15, 0.2) is 24.4 Å². The van der Waals surface area contributed by atoms with E-state index in [4.69, 9.17) is 5.11 Å². The molecule has 1 aromatic carbocycles. The molecule has 0 fully saturated rings. The molecule has 3 heteroatoms. The second-order valence-corrected chi connectivity index (χ2v) is 4.31. The number of benzene rings is 1. The number of aromatic nitrogens is 1. The van der Waals surface area contributed by atoms with E-state index in [1.807, 2.05) is 12.1 Å². The van der Waals surface area contributed by atoms with Gasteiger partial charge in [0.2, 0.25) is 0 Å². The monoisotopic (exact) mass is 217 g/mol. The van der Waals surface area contributed by atoms with E-state index in [0.717, 1.165) is 16.5 Å². The van der Waals surface area contributed by atoms with Gasteiger partial charge in [0.15, 0.2) is 0 Å². The largest absolute Gasteiger partial charge is 0.481 e. The Balaban J connectivity index is 2.57. The zero-order chi connectivity index (χ0) is 11.7. The molecule has 0 aliphatic carbocycles. The van der Waals surface area contributed by atoms with Crippen LogP contribution in [-0.4, -0.2) is 16.1 Å². The number of nitrogens with one attached hydrogen (secondary N) is 1. The van der Waals surface area contributed by atoms with Crippen LogP contribution in [0.4, 0.5) is 0 Å². The molecule has 0 aliphatic heterocycles. The van der Waals surface area contributed by atoms with Crippen molar-refractivity contribution >= 4 is 16.9 Å². The fourth-order valence-corrected chi connectivity index (χ4v) is 2.03. The molecule has 0 aliphatic rings. The summed E-state index contributed by atoms with van der Waals surface area (Å²) in [5, 5.41) is 9.83. The highest BCUT2D eigenvalue weighted by Gasteiger charge is 2.11. The summed E-state index contributed by atoms with van der Waals surface area (Å²) in [4.78, 5) is 13.9. The van der Waals surface area contributed by atoms with Crippen LogP contribution in [0.1, 0.15) is 30.9 Å². The minimum Gasteiger partial charge on any atom is -0.481 e. The Morgan fingerprint density at radius 2 is 2.19 bits per heavy atom. The number of carbonyl (C=O) groups is 1. The summed E-state index contributed by atoms with van der Waals surface area (Å²) in [6, 6.07) is 6.03. The molecular weight excluding hydrogens is 202 g/mol. The first-order chi connectivity index (χ1) is 7.59. The first kappa shape index (κ1) is 10.7. The van der Waals surface area contributed by atoms with Crippen molar-refractivity contribution in [2.45, 2.75) is 26.2 Å². The molecule has 1 aromatic heterocycles. The Morgan fingerprint density at radius 3 is 2.81 bits per heavy atom. The van der Waals surface area contributed by atoms with Crippen molar-refractivity contribution in [2.75, 3.05) is 0 Å². The summed E-state index contributed by atoms with van der Waals surface area (Å²) in [7, 11) is 0. The molecule has 0 saturated heterocycles. The maximum atomic E-state index is 10.7. The SMILES string of the molecule is CC(C)c1cccc2c(CC(=O)O)c[nH]c12. The van der Waals surface area contributed by atoms with Crippen LogP contribution in [0.2, 0.25) is 0 Å². The maximum Gasteiger partial charge on any atom is 0.307 e. The standard InChI is InChI=1S/C13H15NO2/c1-8(2)10-4-3-5-11-9(6-12(15)16)7-14-13(10)11/h3-5,7-8,14H,6H2,1-2H3,(H,15,16). The minimum atomic E-state index is -0.796. The van der Waals surface area contributed by atoms with Crippen molar-refractivity contribution in [3.63, 3.8) is 0 Å². The zero-order valence-electron chi connectivity index (χ0n) is 9.45. The average molecular weight is 217 g/mol. The van der Waals surface area contributed by atoms with Gasteiger partial charge in [-0.2, -0.15) is 0 Å². The van der Waals surface area contributed by atoms with E-state index in [1.165, 1.54) is 5.56 Å². The third-order valence-electron chi connectivity index (χ3n) is 2.80. The number of hydrogen-bond acceptors (Lipinski definition) is 1. The molecule has 0 atom stereocenters. The molecule has 84 valence electrons. The number of hydrogen-bond donors (Lipinski definition) is 2. The van der Waals surface area contributed by atoms with E-state index in [1.54, 1.807) is 6.20 Å². The fraction of sp³-hybridized carbons (Fsp3) is 0.308. The molecule has 0 radical (unpaired) electrons. The van der Waals surface area contributed by atoms with Gasteiger partial charge in [-0.3, -0.25) is 4.79 Å². The van der Waals surface area contributed by atoms with Crippen molar-refractivity contribution in [3.8, 4) is 0 Å². The molecule has 2 aromatic rings. The van der Waals surface area contributed by atoms with Crippen molar-refractivity contribution < 1.29 is 9.90 Å². The molecule has 0 saturated carbocycles. The van der Waals surface area contributed by atoms with Gasteiger partial charge >= 0.3 is 5.97 Å². The van der Waals surface area contributed by atoms with Crippen LogP contribution in [0.5, 0.6) is 0 Å². The molecule has 2 rings (SSSR count). The predicted octanol–water partition coefficient (Wildman–Crippen LogP) is 2.92. The van der Waals surface area contributed by atoms with Gasteiger partial charge in [0, 0.05) is 17.1 Å².